The summed E-state index contributed by atoms with van der Waals surface area (Å²) >= 11 is 0. The molecule has 0 amide bonds. The molecule has 1 fully saturated rings. The van der Waals surface area contributed by atoms with Crippen LogP contribution < -0.4 is 5.73 Å². The molecule has 3 heteroatoms. The van der Waals surface area contributed by atoms with Crippen LogP contribution in [0.2, 0.25) is 0 Å². The van der Waals surface area contributed by atoms with Gasteiger partial charge < -0.3 is 5.73 Å². The van der Waals surface area contributed by atoms with E-state index in [0.29, 0.717) is 12.5 Å². The van der Waals surface area contributed by atoms with Gasteiger partial charge in [0, 0.05) is 12.1 Å². The van der Waals surface area contributed by atoms with Gasteiger partial charge in [-0.05, 0) is 42.0 Å². The van der Waals surface area contributed by atoms with E-state index in [9.17, 15) is 8.78 Å². The Morgan fingerprint density at radius 2 is 2.00 bits per heavy atom. The molecule has 0 aromatic heterocycles. The molecule has 0 unspecified atom stereocenters. The molecule has 0 bridgehead atoms. The van der Waals surface area contributed by atoms with Crippen LogP contribution in [0.25, 0.3) is 0 Å². The fourth-order valence-corrected chi connectivity index (χ4v) is 1.64. The Bertz CT molecular complexity index is 312. The van der Waals surface area contributed by atoms with Crippen molar-refractivity contribution in [1.29, 1.82) is 0 Å². The van der Waals surface area contributed by atoms with E-state index in [-0.39, 0.29) is 5.56 Å². The Morgan fingerprint density at radius 3 is 2.50 bits per heavy atom. The fourth-order valence-electron chi connectivity index (χ4n) is 1.64. The van der Waals surface area contributed by atoms with Crippen LogP contribution in [0.1, 0.15) is 41.9 Å². The zero-order chi connectivity index (χ0) is 10.1. The van der Waals surface area contributed by atoms with Crippen LogP contribution >= 0.6 is 0 Å². The number of hydrogen-bond acceptors (Lipinski definition) is 1. The lowest BCUT2D eigenvalue weighted by atomic mass is 10.0. The van der Waals surface area contributed by atoms with E-state index in [1.165, 1.54) is 6.07 Å². The average molecular weight is 197 g/mol. The predicted octanol–water partition coefficient (Wildman–Crippen LogP) is 2.96. The van der Waals surface area contributed by atoms with Gasteiger partial charge in [0.15, 0.2) is 0 Å². The molecule has 1 nitrogen and oxygen atoms in total. The van der Waals surface area contributed by atoms with E-state index in [1.807, 2.05) is 6.07 Å². The van der Waals surface area contributed by atoms with Gasteiger partial charge in [-0.2, -0.15) is 0 Å². The van der Waals surface area contributed by atoms with Gasteiger partial charge in [-0.3, -0.25) is 0 Å². The number of alkyl halides is 2. The molecule has 0 heterocycles. The van der Waals surface area contributed by atoms with E-state index in [1.54, 1.807) is 6.07 Å². The van der Waals surface area contributed by atoms with Crippen molar-refractivity contribution < 1.29 is 8.78 Å². The first-order valence-corrected chi connectivity index (χ1v) is 4.82. The highest BCUT2D eigenvalue weighted by Gasteiger charge is 2.24. The van der Waals surface area contributed by atoms with Gasteiger partial charge in [0.25, 0.3) is 6.43 Å². The smallest absolute Gasteiger partial charge is 0.263 e. The summed E-state index contributed by atoms with van der Waals surface area (Å²) < 4.78 is 25.0. The van der Waals surface area contributed by atoms with Crippen LogP contribution in [0.3, 0.4) is 0 Å². The van der Waals surface area contributed by atoms with Crippen LogP contribution in [0.4, 0.5) is 8.78 Å². The van der Waals surface area contributed by atoms with Gasteiger partial charge in [-0.1, -0.05) is 6.07 Å². The molecule has 1 aromatic rings. The third-order valence-corrected chi connectivity index (χ3v) is 2.57. The van der Waals surface area contributed by atoms with Crippen LogP contribution in [0.15, 0.2) is 18.2 Å². The van der Waals surface area contributed by atoms with E-state index in [4.69, 9.17) is 5.73 Å². The lowest BCUT2D eigenvalue weighted by Crippen LogP contribution is -1.99. The SMILES string of the molecule is NCc1cc(C(F)F)cc(C2CC2)c1. The van der Waals surface area contributed by atoms with Gasteiger partial charge in [0.05, 0.1) is 0 Å². The minimum Gasteiger partial charge on any atom is -0.326 e. The van der Waals surface area contributed by atoms with Gasteiger partial charge in [0.1, 0.15) is 0 Å². The first-order valence-electron chi connectivity index (χ1n) is 4.82. The molecule has 0 saturated heterocycles. The molecule has 1 saturated carbocycles. The highest BCUT2D eigenvalue weighted by Crippen LogP contribution is 2.41. The standard InChI is InChI=1S/C11H13F2N/c12-11(13)10-4-7(6-14)3-9(5-10)8-1-2-8/h3-5,8,11H,1-2,6,14H2. The first kappa shape index (κ1) is 9.59. The monoisotopic (exact) mass is 197 g/mol. The molecule has 0 atom stereocenters. The van der Waals surface area contributed by atoms with Crippen molar-refractivity contribution >= 4 is 0 Å². The average Bonchev–Trinajstić information content (AvgIpc) is 3.00. The van der Waals surface area contributed by atoms with Crippen molar-refractivity contribution in [3.63, 3.8) is 0 Å². The lowest BCUT2D eigenvalue weighted by molar-refractivity contribution is 0.151. The van der Waals surface area contributed by atoms with Crippen molar-refractivity contribution in [3.05, 3.63) is 34.9 Å². The summed E-state index contributed by atoms with van der Waals surface area (Å²) in [4.78, 5) is 0. The topological polar surface area (TPSA) is 26.0 Å². The highest BCUT2D eigenvalue weighted by molar-refractivity contribution is 5.34. The molecule has 2 rings (SSSR count). The van der Waals surface area contributed by atoms with Crippen LogP contribution in [0.5, 0.6) is 0 Å². The molecule has 1 aliphatic rings. The van der Waals surface area contributed by atoms with Crippen LogP contribution in [-0.2, 0) is 6.54 Å². The molecular weight excluding hydrogens is 184 g/mol. The number of benzene rings is 1. The third kappa shape index (κ3) is 1.93. The van der Waals surface area contributed by atoms with Crippen molar-refractivity contribution in [1.82, 2.24) is 0 Å². The largest absolute Gasteiger partial charge is 0.326 e. The normalized spacial score (nSPS) is 16.3. The molecule has 0 spiro atoms. The molecule has 1 aromatic carbocycles. The molecular formula is C11H13F2N. The first-order chi connectivity index (χ1) is 6.70. The number of nitrogens with two attached hydrogens (primary N) is 1. The summed E-state index contributed by atoms with van der Waals surface area (Å²) in [7, 11) is 0. The number of rotatable bonds is 3. The number of hydrogen-bond donors (Lipinski definition) is 1. The van der Waals surface area contributed by atoms with Gasteiger partial charge in [-0.25, -0.2) is 8.78 Å². The third-order valence-electron chi connectivity index (χ3n) is 2.57. The summed E-state index contributed by atoms with van der Waals surface area (Å²) in [5, 5.41) is 0. The Labute approximate surface area is 81.9 Å². The molecule has 14 heavy (non-hydrogen) atoms. The molecule has 1 aliphatic carbocycles. The summed E-state index contributed by atoms with van der Waals surface area (Å²) in [5.41, 5.74) is 7.41. The van der Waals surface area contributed by atoms with Gasteiger partial charge in [0.2, 0.25) is 0 Å². The summed E-state index contributed by atoms with van der Waals surface area (Å²) in [5.74, 6) is 0.499. The van der Waals surface area contributed by atoms with Crippen molar-refractivity contribution in [2.75, 3.05) is 0 Å². The lowest BCUT2D eigenvalue weighted by Gasteiger charge is -2.07. The zero-order valence-electron chi connectivity index (χ0n) is 7.84. The van der Waals surface area contributed by atoms with Crippen molar-refractivity contribution in [3.8, 4) is 0 Å². The molecule has 2 N–H and O–H groups in total. The predicted molar refractivity (Wildman–Crippen MR) is 51.3 cm³/mol. The van der Waals surface area contributed by atoms with Crippen LogP contribution in [0, 0.1) is 0 Å². The minimum absolute atomic E-state index is 0.106. The van der Waals surface area contributed by atoms with E-state index >= 15 is 0 Å². The maximum Gasteiger partial charge on any atom is 0.263 e. The summed E-state index contributed by atoms with van der Waals surface area (Å²) in [6, 6.07) is 5.06. The number of halogens is 2. The molecule has 0 radical (unpaired) electrons. The molecule has 76 valence electrons. The van der Waals surface area contributed by atoms with Crippen molar-refractivity contribution in [2.24, 2.45) is 5.73 Å². The Kier molecular flexibility index (Phi) is 2.50. The molecule has 0 aliphatic heterocycles. The van der Waals surface area contributed by atoms with Crippen molar-refractivity contribution in [2.45, 2.75) is 31.7 Å². The van der Waals surface area contributed by atoms with Crippen LogP contribution in [-0.4, -0.2) is 0 Å². The summed E-state index contributed by atoms with van der Waals surface area (Å²) in [6.45, 7) is 0.334. The Hall–Kier alpha value is -0.960. The van der Waals surface area contributed by atoms with E-state index in [0.717, 1.165) is 24.0 Å². The maximum absolute atomic E-state index is 12.5. The Morgan fingerprint density at radius 1 is 1.29 bits per heavy atom. The second kappa shape index (κ2) is 3.65. The fraction of sp³-hybridized carbons (Fsp3) is 0.455. The quantitative estimate of drug-likeness (QED) is 0.792. The second-order valence-corrected chi connectivity index (χ2v) is 3.79. The minimum atomic E-state index is -2.39. The van der Waals surface area contributed by atoms with E-state index < -0.39 is 6.43 Å². The summed E-state index contributed by atoms with van der Waals surface area (Å²) in [6.07, 6.45) is -0.146. The highest BCUT2D eigenvalue weighted by atomic mass is 19.3. The zero-order valence-corrected chi connectivity index (χ0v) is 7.84. The Balaban J connectivity index is 2.35. The second-order valence-electron chi connectivity index (χ2n) is 3.79. The van der Waals surface area contributed by atoms with Gasteiger partial charge >= 0.3 is 0 Å². The van der Waals surface area contributed by atoms with E-state index in [2.05, 4.69) is 0 Å². The maximum atomic E-state index is 12.5. The van der Waals surface area contributed by atoms with Gasteiger partial charge in [-0.15, -0.1) is 0 Å².